The molecule has 0 bridgehead atoms. The van der Waals surface area contributed by atoms with E-state index in [1.165, 1.54) is 32.8 Å². The van der Waals surface area contributed by atoms with E-state index >= 15 is 9.59 Å². The van der Waals surface area contributed by atoms with Crippen molar-refractivity contribution in [1.29, 1.82) is 0 Å². The Bertz CT molecular complexity index is 2930. The number of ketones is 1. The predicted octanol–water partition coefficient (Wildman–Crippen LogP) is 5.94. The number of aliphatic carboxylic acids is 1. The van der Waals surface area contributed by atoms with Crippen molar-refractivity contribution in [3.63, 3.8) is 0 Å². The van der Waals surface area contributed by atoms with Crippen molar-refractivity contribution in [2.75, 3.05) is 20.7 Å². The van der Waals surface area contributed by atoms with Crippen molar-refractivity contribution in [2.45, 2.75) is 187 Å². The average Bonchev–Trinajstić information content (AvgIpc) is 0.798. The first-order chi connectivity index (χ1) is 41.8. The molecule has 4 aromatic rings. The molecule has 0 aliphatic rings. The molecule has 0 aromatic heterocycles. The third kappa shape index (κ3) is 22.7. The lowest BCUT2D eigenvalue weighted by Gasteiger charge is -2.43. The molecule has 0 aliphatic carbocycles. The van der Waals surface area contributed by atoms with Crippen molar-refractivity contribution < 1.29 is 62.2 Å². The Labute approximate surface area is 527 Å². The molecule has 0 heterocycles. The molecule has 89 heavy (non-hydrogen) atoms. The molecular weight excluding hydrogens is 1150 g/mol. The highest BCUT2D eigenvalue weighted by atomic mass is 28.4. The van der Waals surface area contributed by atoms with E-state index in [4.69, 9.17) is 19.6 Å². The number of ether oxygens (including phenoxy) is 2. The first kappa shape index (κ1) is 73.7. The van der Waals surface area contributed by atoms with Gasteiger partial charge in [0, 0.05) is 52.3 Å². The van der Waals surface area contributed by atoms with Crippen molar-refractivity contribution in [3.05, 3.63) is 126 Å². The van der Waals surface area contributed by atoms with E-state index in [2.05, 4.69) is 71.6 Å². The summed E-state index contributed by atoms with van der Waals surface area (Å²) in [6.07, 6.45) is -1.45. The summed E-state index contributed by atoms with van der Waals surface area (Å²) in [6.45, 7) is 21.9. The molecule has 8 N–H and O–H groups in total. The largest absolute Gasteiger partial charge is 0.488 e. The Morgan fingerprint density at radius 2 is 1.17 bits per heavy atom. The van der Waals surface area contributed by atoms with Crippen LogP contribution in [0.5, 0.6) is 5.75 Å². The van der Waals surface area contributed by atoms with E-state index in [0.29, 0.717) is 29.9 Å². The van der Waals surface area contributed by atoms with Gasteiger partial charge in [-0.05, 0) is 111 Å². The second-order valence-corrected chi connectivity index (χ2v) is 30.0. The van der Waals surface area contributed by atoms with E-state index in [9.17, 15) is 38.7 Å². The van der Waals surface area contributed by atoms with Gasteiger partial charge in [0.15, 0.2) is 0 Å². The Hall–Kier alpha value is -7.75. The van der Waals surface area contributed by atoms with E-state index < -0.39 is 115 Å². The van der Waals surface area contributed by atoms with Crippen LogP contribution in [-0.2, 0) is 65.2 Å². The number of nitrogens with zero attached hydrogens (tertiary/aromatic N) is 1. The molecule has 486 valence electrons. The number of carboxylic acids is 1. The Morgan fingerprint density at radius 3 is 1.66 bits per heavy atom. The van der Waals surface area contributed by atoms with Crippen molar-refractivity contribution >= 4 is 71.9 Å². The summed E-state index contributed by atoms with van der Waals surface area (Å²) in [5.41, 5.74) is 7.46. The van der Waals surface area contributed by atoms with E-state index in [-0.39, 0.29) is 61.7 Å². The first-order valence-electron chi connectivity index (χ1n) is 30.7. The minimum atomic E-state index is -2.90. The van der Waals surface area contributed by atoms with Gasteiger partial charge in [0.05, 0.1) is 6.04 Å². The summed E-state index contributed by atoms with van der Waals surface area (Å²) < 4.78 is 19.1. The van der Waals surface area contributed by atoms with Crippen LogP contribution in [0.1, 0.15) is 133 Å². The predicted molar refractivity (Wildman–Crippen MR) is 345 cm³/mol. The van der Waals surface area contributed by atoms with Gasteiger partial charge in [-0.25, -0.2) is 9.59 Å². The summed E-state index contributed by atoms with van der Waals surface area (Å²) in [7, 11) is -0.0454. The van der Waals surface area contributed by atoms with Crippen LogP contribution in [0.25, 0.3) is 0 Å². The van der Waals surface area contributed by atoms with Gasteiger partial charge in [0.25, 0.3) is 8.32 Å². The Morgan fingerprint density at radius 1 is 0.640 bits per heavy atom. The molecule has 8 atom stereocenters. The fourth-order valence-corrected chi connectivity index (χ4v) is 15.2. The van der Waals surface area contributed by atoms with Crippen LogP contribution >= 0.6 is 0 Å². The highest BCUT2D eigenvalue weighted by molar-refractivity contribution is 6.99. The van der Waals surface area contributed by atoms with Gasteiger partial charge in [-0.1, -0.05) is 152 Å². The third-order valence-electron chi connectivity index (χ3n) is 15.3. The second-order valence-electron chi connectivity index (χ2n) is 25.7. The molecule has 0 saturated carbocycles. The fourth-order valence-electron chi connectivity index (χ4n) is 10.6. The van der Waals surface area contributed by atoms with Crippen LogP contribution in [0.2, 0.25) is 5.04 Å². The van der Waals surface area contributed by atoms with Crippen LogP contribution in [-0.4, -0.2) is 140 Å². The number of Topliss-reactive ketones (excluding diaryl/α,β-unsaturated/α-hetero) is 1. The molecular formula is C68H97N7O13Si. The van der Waals surface area contributed by atoms with Crippen LogP contribution < -0.4 is 47.4 Å². The normalized spacial score (nSPS) is 14.5. The maximum atomic E-state index is 15.2. The summed E-state index contributed by atoms with van der Waals surface area (Å²) in [5.74, 6) is -8.44. The zero-order chi connectivity index (χ0) is 66.4. The Kier molecular flexibility index (Phi) is 28.4. The Balaban J connectivity index is 1.68. The summed E-state index contributed by atoms with van der Waals surface area (Å²) in [5, 5.41) is 25.2. The van der Waals surface area contributed by atoms with Gasteiger partial charge in [-0.3, -0.25) is 28.8 Å². The third-order valence-corrected chi connectivity index (χ3v) is 20.4. The first-order valence-corrected chi connectivity index (χ1v) is 32.6. The lowest BCUT2D eigenvalue weighted by Crippen LogP contribution is -2.66. The zero-order valence-corrected chi connectivity index (χ0v) is 55.5. The lowest BCUT2D eigenvalue weighted by atomic mass is 9.95. The molecule has 0 saturated heterocycles. The number of carbonyl (C=O) groups excluding carboxylic acids is 8. The van der Waals surface area contributed by atoms with Crippen LogP contribution in [0, 0.1) is 17.8 Å². The van der Waals surface area contributed by atoms with Gasteiger partial charge < -0.3 is 61.0 Å². The number of carbonyl (C=O) groups is 9. The summed E-state index contributed by atoms with van der Waals surface area (Å²) in [6, 6.07) is 28.2. The number of amides is 6. The number of hydrogen-bond donors (Lipinski definition) is 7. The van der Waals surface area contributed by atoms with Crippen molar-refractivity contribution in [1.82, 2.24) is 31.5 Å². The molecule has 0 spiro atoms. The molecule has 4 rings (SSSR count). The van der Waals surface area contributed by atoms with Gasteiger partial charge >= 0.3 is 11.9 Å². The van der Waals surface area contributed by atoms with Crippen molar-refractivity contribution in [2.24, 2.45) is 23.5 Å². The average molecular weight is 1250 g/mol. The number of likely N-dealkylation sites (N-methyl/N-ethyl adjacent to an activating group) is 1. The van der Waals surface area contributed by atoms with Crippen LogP contribution in [0.3, 0.4) is 0 Å². The number of carboxylic acid groups (broad SMARTS) is 1. The van der Waals surface area contributed by atoms with Gasteiger partial charge in [-0.15, -0.1) is 0 Å². The highest BCUT2D eigenvalue weighted by Gasteiger charge is 2.50. The maximum Gasteiger partial charge on any atom is 0.329 e. The number of nitrogens with one attached hydrogen (secondary N) is 5. The number of rotatable bonds is 34. The zero-order valence-electron chi connectivity index (χ0n) is 54.5. The van der Waals surface area contributed by atoms with Crippen molar-refractivity contribution in [3.8, 4) is 5.75 Å². The van der Waals surface area contributed by atoms with Crippen LogP contribution in [0.15, 0.2) is 115 Å². The summed E-state index contributed by atoms with van der Waals surface area (Å²) >= 11 is 0. The van der Waals surface area contributed by atoms with Gasteiger partial charge in [0.1, 0.15) is 53.4 Å². The summed E-state index contributed by atoms with van der Waals surface area (Å²) in [4.78, 5) is 125. The molecule has 0 radical (unpaired) electrons. The molecule has 0 fully saturated rings. The van der Waals surface area contributed by atoms with E-state index in [0.717, 1.165) is 10.4 Å². The second kappa shape index (κ2) is 34.3. The highest BCUT2D eigenvalue weighted by Crippen LogP contribution is 2.37. The fraction of sp³-hybridized carbons (Fsp3) is 0.515. The molecule has 4 aromatic carbocycles. The standard InChI is InChI=1S/C68H97N7O13Si/c1-43(2)39-55(65(83)84)72-63(81)59(74-60(78)49(40-45(5)76)34-37-57(77)70-13)46(6)87-66(85)58(44(3)4)73-62(80)56(42-48-32-35-50(36-33-48)88-67(7,8)9)75(14)64(82)54(41-47-25-18-15-19-26-47)71-61(79)53(69)31-24-38-86-89(68(10,11)12,51-27-20-16-21-28-51)52-29-22-17-23-30-52/h15-23,25-30,32-33,35-36,43-44,46,49,53-56,58-59H,24,31,34,37-42,69H2,1-14H3,(H,70,77)(H,71,79)(H,72,81)(H,73,80)(H,74,78)(H,83,84)/t46-,49-,53-,54+,55+,56+,58+,59+/m1/s1. The smallest absolute Gasteiger partial charge is 0.329 e. The topological polar surface area (TPSA) is 291 Å². The lowest BCUT2D eigenvalue weighted by molar-refractivity contribution is -0.158. The monoisotopic (exact) mass is 1250 g/mol. The molecule has 0 aliphatic heterocycles. The molecule has 21 heteroatoms. The molecule has 20 nitrogen and oxygen atoms in total. The number of benzene rings is 4. The SMILES string of the molecule is CNC(=O)CC[C@H](CC(C)=O)C(=O)N[C@H](C(=O)N[C@@H](CC(C)C)C(=O)O)[C@@H](C)OC(=O)[C@@H](NC(=O)[C@H](Cc1ccc(OC(C)(C)C)cc1)N(C)C(=O)[C@H](Cc1ccccc1)NC(=O)[C@H](N)CCCO[Si](c1ccccc1)(c1ccccc1)C(C)(C)C)C(C)C. The van der Waals surface area contributed by atoms with Gasteiger partial charge in [-0.2, -0.15) is 0 Å². The van der Waals surface area contributed by atoms with Crippen LogP contribution in [0.4, 0.5) is 0 Å². The quantitative estimate of drug-likeness (QED) is 0.0162. The maximum absolute atomic E-state index is 15.2. The van der Waals surface area contributed by atoms with E-state index in [1.807, 2.05) is 75.4 Å². The minimum Gasteiger partial charge on any atom is -0.488 e. The number of hydrogen-bond acceptors (Lipinski definition) is 13. The van der Waals surface area contributed by atoms with E-state index in [1.54, 1.807) is 64.1 Å². The molecule has 0 unspecified atom stereocenters. The number of nitrogens with two attached hydrogens (primary N) is 1. The minimum absolute atomic E-state index is 0.0114. The van der Waals surface area contributed by atoms with Gasteiger partial charge in [0.2, 0.25) is 35.4 Å². The number of esters is 1. The molecule has 6 amide bonds.